The third-order valence-corrected chi connectivity index (χ3v) is 4.93. The SMILES string of the molecule is Cc1ccccc1C(=O)NCC(=O)NCc1ccc(N2CCN(C)CC2)nc1. The summed E-state index contributed by atoms with van der Waals surface area (Å²) in [4.78, 5) is 33.3. The first-order valence-corrected chi connectivity index (χ1v) is 9.52. The number of nitrogens with one attached hydrogen (secondary N) is 2. The summed E-state index contributed by atoms with van der Waals surface area (Å²) in [6.45, 7) is 6.21. The van der Waals surface area contributed by atoms with Crippen LogP contribution in [0, 0.1) is 6.92 Å². The van der Waals surface area contributed by atoms with Gasteiger partial charge < -0.3 is 20.4 Å². The maximum Gasteiger partial charge on any atom is 0.251 e. The second-order valence-corrected chi connectivity index (χ2v) is 7.09. The zero-order chi connectivity index (χ0) is 19.9. The number of piperazine rings is 1. The fourth-order valence-corrected chi connectivity index (χ4v) is 3.09. The number of aryl methyl sites for hydroxylation is 1. The van der Waals surface area contributed by atoms with E-state index in [1.807, 2.05) is 31.2 Å². The number of nitrogens with zero attached hydrogens (tertiary/aromatic N) is 3. The van der Waals surface area contributed by atoms with Crippen LogP contribution in [0.4, 0.5) is 5.82 Å². The first-order chi connectivity index (χ1) is 13.5. The normalized spacial score (nSPS) is 14.6. The molecule has 0 spiro atoms. The van der Waals surface area contributed by atoms with Gasteiger partial charge in [-0.05, 0) is 37.2 Å². The Hall–Kier alpha value is -2.93. The summed E-state index contributed by atoms with van der Waals surface area (Å²) < 4.78 is 0. The van der Waals surface area contributed by atoms with Crippen LogP contribution in [-0.4, -0.2) is 61.5 Å². The Morgan fingerprint density at radius 3 is 2.46 bits per heavy atom. The zero-order valence-corrected chi connectivity index (χ0v) is 16.4. The van der Waals surface area contributed by atoms with Crippen molar-refractivity contribution in [2.45, 2.75) is 13.5 Å². The first kappa shape index (κ1) is 19.8. The number of likely N-dealkylation sites (N-methyl/N-ethyl adjacent to an activating group) is 1. The molecule has 1 fully saturated rings. The number of aromatic nitrogens is 1. The molecule has 3 rings (SSSR count). The minimum absolute atomic E-state index is 0.0556. The van der Waals surface area contributed by atoms with Crippen molar-refractivity contribution in [3.63, 3.8) is 0 Å². The first-order valence-electron chi connectivity index (χ1n) is 9.52. The molecule has 2 heterocycles. The van der Waals surface area contributed by atoms with Crippen LogP contribution in [0.3, 0.4) is 0 Å². The van der Waals surface area contributed by atoms with Crippen molar-refractivity contribution in [3.05, 3.63) is 59.3 Å². The molecule has 0 atom stereocenters. The van der Waals surface area contributed by atoms with Gasteiger partial charge in [0.05, 0.1) is 6.54 Å². The number of carbonyl (C=O) groups is 2. The molecule has 0 aliphatic carbocycles. The lowest BCUT2D eigenvalue weighted by Crippen LogP contribution is -2.44. The second kappa shape index (κ2) is 9.32. The van der Waals surface area contributed by atoms with Crippen molar-refractivity contribution in [1.82, 2.24) is 20.5 Å². The topological polar surface area (TPSA) is 77.6 Å². The Bertz CT molecular complexity index is 814. The number of hydrogen-bond acceptors (Lipinski definition) is 5. The molecule has 1 aromatic carbocycles. The van der Waals surface area contributed by atoms with E-state index >= 15 is 0 Å². The summed E-state index contributed by atoms with van der Waals surface area (Å²) in [5.74, 6) is 0.491. The Balaban J connectivity index is 1.43. The van der Waals surface area contributed by atoms with Gasteiger partial charge in [-0.2, -0.15) is 0 Å². The molecule has 1 aromatic heterocycles. The Kier molecular flexibility index (Phi) is 6.60. The maximum absolute atomic E-state index is 12.1. The van der Waals surface area contributed by atoms with E-state index in [-0.39, 0.29) is 18.4 Å². The molecule has 2 aromatic rings. The van der Waals surface area contributed by atoms with Crippen LogP contribution in [0.25, 0.3) is 0 Å². The van der Waals surface area contributed by atoms with Crippen LogP contribution in [0.2, 0.25) is 0 Å². The van der Waals surface area contributed by atoms with Crippen LogP contribution in [0.15, 0.2) is 42.6 Å². The Morgan fingerprint density at radius 1 is 1.04 bits per heavy atom. The Morgan fingerprint density at radius 2 is 1.79 bits per heavy atom. The fourth-order valence-electron chi connectivity index (χ4n) is 3.09. The lowest BCUT2D eigenvalue weighted by molar-refractivity contribution is -0.120. The lowest BCUT2D eigenvalue weighted by Gasteiger charge is -2.33. The van der Waals surface area contributed by atoms with E-state index in [1.54, 1.807) is 18.3 Å². The van der Waals surface area contributed by atoms with Gasteiger partial charge in [-0.1, -0.05) is 24.3 Å². The highest BCUT2D eigenvalue weighted by atomic mass is 16.2. The summed E-state index contributed by atoms with van der Waals surface area (Å²) >= 11 is 0. The van der Waals surface area contributed by atoms with Crippen molar-refractivity contribution in [1.29, 1.82) is 0 Å². The number of anilines is 1. The van der Waals surface area contributed by atoms with Gasteiger partial charge in [-0.25, -0.2) is 4.98 Å². The van der Waals surface area contributed by atoms with E-state index in [0.717, 1.165) is 43.1 Å². The van der Waals surface area contributed by atoms with Crippen LogP contribution in [0.5, 0.6) is 0 Å². The number of amides is 2. The van der Waals surface area contributed by atoms with Crippen molar-refractivity contribution in [2.75, 3.05) is 44.7 Å². The summed E-state index contributed by atoms with van der Waals surface area (Å²) in [6.07, 6.45) is 1.79. The van der Waals surface area contributed by atoms with E-state index in [4.69, 9.17) is 0 Å². The molecule has 0 radical (unpaired) electrons. The number of rotatable bonds is 6. The standard InChI is InChI=1S/C21H27N5O2/c1-16-5-3-4-6-18(16)21(28)24-15-20(27)23-14-17-7-8-19(22-13-17)26-11-9-25(2)10-12-26/h3-8,13H,9-12,14-15H2,1-2H3,(H,23,27)(H,24,28). The molecule has 0 bridgehead atoms. The summed E-state index contributed by atoms with van der Waals surface area (Å²) in [5.41, 5.74) is 2.39. The average Bonchev–Trinajstić information content (AvgIpc) is 2.72. The number of pyridine rings is 1. The van der Waals surface area contributed by atoms with Crippen LogP contribution < -0.4 is 15.5 Å². The summed E-state index contributed by atoms with van der Waals surface area (Å²) in [7, 11) is 2.12. The number of hydrogen-bond donors (Lipinski definition) is 2. The van der Waals surface area contributed by atoms with Crippen molar-refractivity contribution >= 4 is 17.6 Å². The molecule has 148 valence electrons. The molecular weight excluding hydrogens is 354 g/mol. The van der Waals surface area contributed by atoms with E-state index in [0.29, 0.717) is 12.1 Å². The highest BCUT2D eigenvalue weighted by molar-refractivity contribution is 5.97. The minimum Gasteiger partial charge on any atom is -0.354 e. The molecule has 7 nitrogen and oxygen atoms in total. The maximum atomic E-state index is 12.1. The fraction of sp³-hybridized carbons (Fsp3) is 0.381. The van der Waals surface area contributed by atoms with Crippen molar-refractivity contribution < 1.29 is 9.59 Å². The molecule has 2 N–H and O–H groups in total. The van der Waals surface area contributed by atoms with E-state index in [2.05, 4.69) is 32.5 Å². The van der Waals surface area contributed by atoms with Crippen molar-refractivity contribution in [2.24, 2.45) is 0 Å². The highest BCUT2D eigenvalue weighted by Gasteiger charge is 2.15. The largest absolute Gasteiger partial charge is 0.354 e. The van der Waals surface area contributed by atoms with E-state index < -0.39 is 0 Å². The smallest absolute Gasteiger partial charge is 0.251 e. The molecule has 2 amide bonds. The monoisotopic (exact) mass is 381 g/mol. The quantitative estimate of drug-likeness (QED) is 0.786. The van der Waals surface area contributed by atoms with Crippen LogP contribution in [-0.2, 0) is 11.3 Å². The summed E-state index contributed by atoms with van der Waals surface area (Å²) in [5, 5.41) is 5.47. The van der Waals surface area contributed by atoms with E-state index in [9.17, 15) is 9.59 Å². The van der Waals surface area contributed by atoms with Gasteiger partial charge in [0.2, 0.25) is 5.91 Å². The number of benzene rings is 1. The molecule has 1 aliphatic rings. The molecule has 1 saturated heterocycles. The van der Waals surface area contributed by atoms with Crippen molar-refractivity contribution in [3.8, 4) is 0 Å². The van der Waals surface area contributed by atoms with Gasteiger partial charge in [0.15, 0.2) is 0 Å². The van der Waals surface area contributed by atoms with Gasteiger partial charge in [0.1, 0.15) is 5.82 Å². The highest BCUT2D eigenvalue weighted by Crippen LogP contribution is 2.13. The Labute approximate surface area is 165 Å². The third-order valence-electron chi connectivity index (χ3n) is 4.93. The number of carbonyl (C=O) groups excluding carboxylic acids is 2. The molecular formula is C21H27N5O2. The predicted molar refractivity (Wildman–Crippen MR) is 109 cm³/mol. The van der Waals surface area contributed by atoms with Crippen LogP contribution >= 0.6 is 0 Å². The van der Waals surface area contributed by atoms with Gasteiger partial charge in [-0.15, -0.1) is 0 Å². The summed E-state index contributed by atoms with van der Waals surface area (Å²) in [6, 6.07) is 11.3. The second-order valence-electron chi connectivity index (χ2n) is 7.09. The molecule has 0 saturated carbocycles. The zero-order valence-electron chi connectivity index (χ0n) is 16.4. The van der Waals surface area contributed by atoms with Crippen LogP contribution in [0.1, 0.15) is 21.5 Å². The molecule has 7 heteroatoms. The third kappa shape index (κ3) is 5.29. The average molecular weight is 381 g/mol. The molecule has 0 unspecified atom stereocenters. The molecule has 1 aliphatic heterocycles. The van der Waals surface area contributed by atoms with Gasteiger partial charge >= 0.3 is 0 Å². The lowest BCUT2D eigenvalue weighted by atomic mass is 10.1. The molecule has 28 heavy (non-hydrogen) atoms. The van der Waals surface area contributed by atoms with Gasteiger partial charge in [0.25, 0.3) is 5.91 Å². The predicted octanol–water partition coefficient (Wildman–Crippen LogP) is 1.19. The van der Waals surface area contributed by atoms with Gasteiger partial charge in [-0.3, -0.25) is 9.59 Å². The van der Waals surface area contributed by atoms with Gasteiger partial charge in [0, 0.05) is 44.5 Å². The minimum atomic E-state index is -0.244. The van der Waals surface area contributed by atoms with E-state index in [1.165, 1.54) is 0 Å².